The van der Waals surface area contributed by atoms with E-state index in [4.69, 9.17) is 0 Å². The molecule has 0 aromatic rings. The van der Waals surface area contributed by atoms with Gasteiger partial charge in [-0.25, -0.2) is 0 Å². The van der Waals surface area contributed by atoms with Crippen LogP contribution in [-0.4, -0.2) is 36.7 Å². The van der Waals surface area contributed by atoms with Crippen molar-refractivity contribution in [2.75, 3.05) is 25.4 Å². The van der Waals surface area contributed by atoms with E-state index in [1.165, 1.54) is 44.6 Å². The zero-order valence-electron chi connectivity index (χ0n) is 7.51. The molecule has 1 aliphatic heterocycles. The maximum Gasteiger partial charge on any atom is 0.0204 e. The Bertz CT molecular complexity index is 130. The summed E-state index contributed by atoms with van der Waals surface area (Å²) in [5.41, 5.74) is 0. The summed E-state index contributed by atoms with van der Waals surface area (Å²) in [5, 5.41) is 7.97. The van der Waals surface area contributed by atoms with Gasteiger partial charge in [0.2, 0.25) is 0 Å². The third-order valence-electron chi connectivity index (χ3n) is 2.47. The summed E-state index contributed by atoms with van der Waals surface area (Å²) >= 11 is 2.14. The van der Waals surface area contributed by atoms with Crippen molar-refractivity contribution < 1.29 is 0 Å². The lowest BCUT2D eigenvalue weighted by Crippen LogP contribution is -2.32. The molecule has 1 unspecified atom stereocenters. The highest BCUT2D eigenvalue weighted by atomic mass is 32.2. The fraction of sp³-hybridized carbons (Fsp3) is 1.00. The third-order valence-corrected chi connectivity index (χ3v) is 3.86. The molecule has 0 aromatic heterocycles. The number of thioether (sulfide) groups is 1. The molecule has 70 valence electrons. The second kappa shape index (κ2) is 4.49. The molecular formula is C9H18N2S. The molecule has 2 fully saturated rings. The number of hydrogen-bond donors (Lipinski definition) is 2. The van der Waals surface area contributed by atoms with Crippen LogP contribution < -0.4 is 10.6 Å². The summed E-state index contributed by atoms with van der Waals surface area (Å²) in [6, 6.07) is 0.754. The van der Waals surface area contributed by atoms with Gasteiger partial charge >= 0.3 is 0 Å². The molecule has 2 aliphatic rings. The van der Waals surface area contributed by atoms with Gasteiger partial charge < -0.3 is 10.6 Å². The number of nitrogens with one attached hydrogen (secondary N) is 2. The molecule has 3 heteroatoms. The molecule has 2 N–H and O–H groups in total. The largest absolute Gasteiger partial charge is 0.315 e. The number of rotatable bonds is 5. The highest BCUT2D eigenvalue weighted by Crippen LogP contribution is 2.33. The predicted molar refractivity (Wildman–Crippen MR) is 54.8 cm³/mol. The van der Waals surface area contributed by atoms with E-state index in [-0.39, 0.29) is 0 Å². The quantitative estimate of drug-likeness (QED) is 0.622. The maximum absolute atomic E-state index is 3.58. The van der Waals surface area contributed by atoms with Crippen molar-refractivity contribution in [3.05, 3.63) is 0 Å². The number of hydrogen-bond acceptors (Lipinski definition) is 3. The van der Waals surface area contributed by atoms with Crippen LogP contribution in [0.25, 0.3) is 0 Å². The molecule has 1 saturated carbocycles. The Hall–Kier alpha value is 0.270. The zero-order valence-corrected chi connectivity index (χ0v) is 8.33. The normalized spacial score (nSPS) is 29.5. The summed E-state index contributed by atoms with van der Waals surface area (Å²) in [6.07, 6.45) is 4.25. The van der Waals surface area contributed by atoms with Crippen molar-refractivity contribution >= 4 is 11.8 Å². The van der Waals surface area contributed by atoms with Gasteiger partial charge in [-0.1, -0.05) is 0 Å². The van der Waals surface area contributed by atoms with Crippen LogP contribution in [0.1, 0.15) is 19.3 Å². The molecule has 2 nitrogen and oxygen atoms in total. The molecule has 2 rings (SSSR count). The van der Waals surface area contributed by atoms with Crippen molar-refractivity contribution in [1.29, 1.82) is 0 Å². The zero-order chi connectivity index (χ0) is 8.23. The van der Waals surface area contributed by atoms with E-state index in [1.54, 1.807) is 0 Å². The summed E-state index contributed by atoms with van der Waals surface area (Å²) in [5.74, 6) is 1.31. The first-order valence-corrected chi connectivity index (χ1v) is 6.06. The van der Waals surface area contributed by atoms with Crippen molar-refractivity contribution in [3.63, 3.8) is 0 Å². The Morgan fingerprint density at radius 1 is 1.33 bits per heavy atom. The first kappa shape index (κ1) is 8.85. The monoisotopic (exact) mass is 186 g/mol. The predicted octanol–water partition coefficient (Wildman–Crippen LogP) is 0.833. The standard InChI is InChI=1S/C9H18N2S/c1-2-9(1)12-6-5-11-8-3-4-10-7-8/h8-11H,1-7H2. The van der Waals surface area contributed by atoms with Crippen LogP contribution in [0.4, 0.5) is 0 Å². The molecule has 0 radical (unpaired) electrons. The maximum atomic E-state index is 3.58. The Morgan fingerprint density at radius 2 is 2.25 bits per heavy atom. The second-order valence-electron chi connectivity index (χ2n) is 3.71. The lowest BCUT2D eigenvalue weighted by atomic mass is 10.3. The molecule has 1 heterocycles. The van der Waals surface area contributed by atoms with Crippen molar-refractivity contribution in [3.8, 4) is 0 Å². The summed E-state index contributed by atoms with van der Waals surface area (Å²) in [6.45, 7) is 3.58. The molecule has 0 aromatic carbocycles. The Balaban J connectivity index is 1.44. The molecule has 1 aliphatic carbocycles. The highest BCUT2D eigenvalue weighted by molar-refractivity contribution is 8.00. The molecule has 1 atom stereocenters. The molecule has 0 spiro atoms. The van der Waals surface area contributed by atoms with E-state index >= 15 is 0 Å². The van der Waals surface area contributed by atoms with E-state index in [1.807, 2.05) is 0 Å². The van der Waals surface area contributed by atoms with E-state index in [0.29, 0.717) is 0 Å². The Morgan fingerprint density at radius 3 is 2.92 bits per heavy atom. The average Bonchev–Trinajstić information content (AvgIpc) is 2.76. The Labute approximate surface area is 78.9 Å². The minimum Gasteiger partial charge on any atom is -0.315 e. The SMILES string of the molecule is C1CC(NCCSC2CC2)CN1. The molecule has 0 amide bonds. The highest BCUT2D eigenvalue weighted by Gasteiger charge is 2.21. The smallest absolute Gasteiger partial charge is 0.0204 e. The second-order valence-corrected chi connectivity index (χ2v) is 5.12. The summed E-state index contributed by atoms with van der Waals surface area (Å²) < 4.78 is 0. The lowest BCUT2D eigenvalue weighted by molar-refractivity contribution is 0.570. The van der Waals surface area contributed by atoms with Gasteiger partial charge in [0.05, 0.1) is 0 Å². The van der Waals surface area contributed by atoms with Gasteiger partial charge in [-0.3, -0.25) is 0 Å². The van der Waals surface area contributed by atoms with Gasteiger partial charge in [-0.15, -0.1) is 0 Å². The molecular weight excluding hydrogens is 168 g/mol. The first-order chi connectivity index (χ1) is 5.95. The summed E-state index contributed by atoms with van der Waals surface area (Å²) in [4.78, 5) is 0. The van der Waals surface area contributed by atoms with Crippen LogP contribution in [0.5, 0.6) is 0 Å². The fourth-order valence-electron chi connectivity index (χ4n) is 1.55. The molecule has 12 heavy (non-hydrogen) atoms. The van der Waals surface area contributed by atoms with Crippen LogP contribution >= 0.6 is 11.8 Å². The van der Waals surface area contributed by atoms with Gasteiger partial charge in [0.15, 0.2) is 0 Å². The van der Waals surface area contributed by atoms with Crippen LogP contribution in [0.2, 0.25) is 0 Å². The lowest BCUT2D eigenvalue weighted by Gasteiger charge is -2.09. The van der Waals surface area contributed by atoms with E-state index < -0.39 is 0 Å². The minimum absolute atomic E-state index is 0.754. The third kappa shape index (κ3) is 2.96. The topological polar surface area (TPSA) is 24.1 Å². The van der Waals surface area contributed by atoms with Crippen LogP contribution in [0, 0.1) is 0 Å². The average molecular weight is 186 g/mol. The van der Waals surface area contributed by atoms with E-state index in [0.717, 1.165) is 11.3 Å². The first-order valence-electron chi connectivity index (χ1n) is 5.01. The van der Waals surface area contributed by atoms with Gasteiger partial charge in [0.25, 0.3) is 0 Å². The van der Waals surface area contributed by atoms with Gasteiger partial charge in [-0.05, 0) is 25.8 Å². The Kier molecular flexibility index (Phi) is 3.31. The fourth-order valence-corrected chi connectivity index (χ4v) is 2.59. The van der Waals surface area contributed by atoms with Gasteiger partial charge in [0, 0.05) is 30.1 Å². The van der Waals surface area contributed by atoms with E-state index in [9.17, 15) is 0 Å². The van der Waals surface area contributed by atoms with Crippen LogP contribution in [0.3, 0.4) is 0 Å². The van der Waals surface area contributed by atoms with Crippen molar-refractivity contribution in [1.82, 2.24) is 10.6 Å². The molecule has 0 bridgehead atoms. The van der Waals surface area contributed by atoms with Crippen molar-refractivity contribution in [2.45, 2.75) is 30.6 Å². The molecule has 1 saturated heterocycles. The van der Waals surface area contributed by atoms with Gasteiger partial charge in [0.1, 0.15) is 0 Å². The minimum atomic E-state index is 0.754. The van der Waals surface area contributed by atoms with Gasteiger partial charge in [-0.2, -0.15) is 11.8 Å². The summed E-state index contributed by atoms with van der Waals surface area (Å²) in [7, 11) is 0. The van der Waals surface area contributed by atoms with Crippen LogP contribution in [-0.2, 0) is 0 Å². The van der Waals surface area contributed by atoms with Crippen molar-refractivity contribution in [2.24, 2.45) is 0 Å². The van der Waals surface area contributed by atoms with Crippen LogP contribution in [0.15, 0.2) is 0 Å². The van der Waals surface area contributed by atoms with E-state index in [2.05, 4.69) is 22.4 Å².